The van der Waals surface area contributed by atoms with Gasteiger partial charge in [-0.15, -0.1) is 0 Å². The molecule has 1 fully saturated rings. The molecule has 1 aliphatic heterocycles. The van der Waals surface area contributed by atoms with Gasteiger partial charge in [0.05, 0.1) is 12.5 Å². The first-order valence-electron chi connectivity index (χ1n) is 6.65. The molecule has 1 aromatic rings. The number of nitriles is 1. The van der Waals surface area contributed by atoms with E-state index in [9.17, 15) is 4.79 Å². The Morgan fingerprint density at radius 3 is 2.89 bits per heavy atom. The van der Waals surface area contributed by atoms with Gasteiger partial charge in [-0.3, -0.25) is 4.79 Å². The van der Waals surface area contributed by atoms with Crippen molar-refractivity contribution < 1.29 is 4.79 Å². The summed E-state index contributed by atoms with van der Waals surface area (Å²) in [5.41, 5.74) is 2.15. The first-order valence-corrected chi connectivity index (χ1v) is 6.65. The van der Waals surface area contributed by atoms with Crippen molar-refractivity contribution in [3.63, 3.8) is 0 Å². The lowest BCUT2D eigenvalue weighted by molar-refractivity contribution is -0.121. The normalized spacial score (nSPS) is 19.6. The summed E-state index contributed by atoms with van der Waals surface area (Å²) >= 11 is 0. The number of anilines is 1. The second-order valence-corrected chi connectivity index (χ2v) is 5.07. The highest BCUT2D eigenvalue weighted by Gasteiger charge is 2.30. The number of rotatable bonds is 3. The van der Waals surface area contributed by atoms with Crippen LogP contribution in [0.3, 0.4) is 0 Å². The van der Waals surface area contributed by atoms with Crippen LogP contribution in [0.2, 0.25) is 0 Å². The molecule has 4 heteroatoms. The highest BCUT2D eigenvalue weighted by Crippen LogP contribution is 2.28. The van der Waals surface area contributed by atoms with E-state index in [-0.39, 0.29) is 18.4 Å². The van der Waals surface area contributed by atoms with Crippen LogP contribution in [-0.2, 0) is 4.79 Å². The minimum Gasteiger partial charge on any atom is -0.309 e. The number of nitrogens with zero attached hydrogens (tertiary/aromatic N) is 2. The number of carbonyl (C=O) groups excluding carboxylic acids is 1. The maximum Gasteiger partial charge on any atom is 0.245 e. The fourth-order valence-corrected chi connectivity index (χ4v) is 2.45. The molecular weight excluding hydrogens is 238 g/mol. The van der Waals surface area contributed by atoms with Gasteiger partial charge in [0.25, 0.3) is 0 Å². The summed E-state index contributed by atoms with van der Waals surface area (Å²) in [6.07, 6.45) is 0.221. The van der Waals surface area contributed by atoms with Crippen LogP contribution in [0.1, 0.15) is 31.7 Å². The predicted molar refractivity (Wildman–Crippen MR) is 74.9 cm³/mol. The molecule has 1 aliphatic rings. The summed E-state index contributed by atoms with van der Waals surface area (Å²) in [6.45, 7) is 5.63. The fraction of sp³-hybridized carbons (Fsp3) is 0.467. The summed E-state index contributed by atoms with van der Waals surface area (Å²) in [5.74, 6) is 0.370. The van der Waals surface area contributed by atoms with E-state index >= 15 is 0 Å². The number of hydrogen-bond acceptors (Lipinski definition) is 3. The Kier molecular flexibility index (Phi) is 4.18. The standard InChI is InChI=1S/C15H19N3O/c1-11(2)12-5-3-4-6-14(12)18-10-9-17-13(7-8-16)15(18)19/h3-6,11,13,17H,7,9-10H2,1-2H3. The van der Waals surface area contributed by atoms with Crippen LogP contribution in [0, 0.1) is 11.3 Å². The van der Waals surface area contributed by atoms with Crippen LogP contribution in [0.15, 0.2) is 24.3 Å². The van der Waals surface area contributed by atoms with Gasteiger partial charge in [0.1, 0.15) is 6.04 Å². The monoisotopic (exact) mass is 257 g/mol. The van der Waals surface area contributed by atoms with Crippen LogP contribution in [-0.4, -0.2) is 25.0 Å². The zero-order chi connectivity index (χ0) is 13.8. The quantitative estimate of drug-likeness (QED) is 0.901. The van der Waals surface area contributed by atoms with Crippen molar-refractivity contribution in [1.82, 2.24) is 5.32 Å². The van der Waals surface area contributed by atoms with E-state index in [1.165, 1.54) is 5.56 Å². The van der Waals surface area contributed by atoms with E-state index in [0.717, 1.165) is 12.2 Å². The van der Waals surface area contributed by atoms with Crippen molar-refractivity contribution >= 4 is 11.6 Å². The molecule has 1 atom stereocenters. The molecule has 100 valence electrons. The summed E-state index contributed by atoms with van der Waals surface area (Å²) in [5, 5.41) is 11.9. The molecule has 1 saturated heterocycles. The highest BCUT2D eigenvalue weighted by molar-refractivity contribution is 5.98. The summed E-state index contributed by atoms with van der Waals surface area (Å²) in [7, 11) is 0. The van der Waals surface area contributed by atoms with Crippen molar-refractivity contribution in [3.8, 4) is 6.07 Å². The molecule has 0 saturated carbocycles. The minimum absolute atomic E-state index is 0.000833. The zero-order valence-electron chi connectivity index (χ0n) is 11.4. The van der Waals surface area contributed by atoms with Crippen molar-refractivity contribution in [3.05, 3.63) is 29.8 Å². The second-order valence-electron chi connectivity index (χ2n) is 5.07. The predicted octanol–water partition coefficient (Wildman–Crippen LogP) is 2.03. The van der Waals surface area contributed by atoms with E-state index in [0.29, 0.717) is 12.5 Å². The van der Waals surface area contributed by atoms with Gasteiger partial charge in [-0.05, 0) is 17.5 Å². The molecule has 4 nitrogen and oxygen atoms in total. The lowest BCUT2D eigenvalue weighted by Crippen LogP contribution is -2.55. The van der Waals surface area contributed by atoms with Gasteiger partial charge in [-0.2, -0.15) is 5.26 Å². The number of amides is 1. The molecule has 1 amide bonds. The number of benzene rings is 1. The van der Waals surface area contributed by atoms with E-state index in [4.69, 9.17) is 5.26 Å². The van der Waals surface area contributed by atoms with Crippen LogP contribution < -0.4 is 10.2 Å². The Balaban J connectivity index is 2.31. The zero-order valence-corrected chi connectivity index (χ0v) is 11.4. The van der Waals surface area contributed by atoms with Crippen LogP contribution >= 0.6 is 0 Å². The van der Waals surface area contributed by atoms with Crippen molar-refractivity contribution in [2.24, 2.45) is 0 Å². The fourth-order valence-electron chi connectivity index (χ4n) is 2.45. The molecule has 19 heavy (non-hydrogen) atoms. The Hall–Kier alpha value is -1.86. The summed E-state index contributed by atoms with van der Waals surface area (Å²) in [6, 6.07) is 9.70. The Morgan fingerprint density at radius 2 is 2.21 bits per heavy atom. The number of hydrogen-bond donors (Lipinski definition) is 1. The molecule has 1 unspecified atom stereocenters. The van der Waals surface area contributed by atoms with Gasteiger partial charge in [-0.25, -0.2) is 0 Å². The molecule has 0 aromatic heterocycles. The van der Waals surface area contributed by atoms with Crippen LogP contribution in [0.4, 0.5) is 5.69 Å². The number of piperazine rings is 1. The maximum absolute atomic E-state index is 12.4. The SMILES string of the molecule is CC(C)c1ccccc1N1CCNC(CC#N)C1=O. The smallest absolute Gasteiger partial charge is 0.245 e. The molecule has 0 aliphatic carbocycles. The van der Waals surface area contributed by atoms with E-state index in [2.05, 4.69) is 31.3 Å². The first-order chi connectivity index (χ1) is 9.15. The Bertz CT molecular complexity index is 504. The first kappa shape index (κ1) is 13.6. The largest absolute Gasteiger partial charge is 0.309 e. The van der Waals surface area contributed by atoms with E-state index in [1.807, 2.05) is 23.1 Å². The van der Waals surface area contributed by atoms with Gasteiger partial charge < -0.3 is 10.2 Å². The third kappa shape index (κ3) is 2.77. The lowest BCUT2D eigenvalue weighted by atomic mass is 9.99. The molecule has 1 heterocycles. The Labute approximate surface area is 114 Å². The van der Waals surface area contributed by atoms with Gasteiger partial charge in [0, 0.05) is 18.8 Å². The van der Waals surface area contributed by atoms with Crippen molar-refractivity contribution in [2.45, 2.75) is 32.2 Å². The van der Waals surface area contributed by atoms with Crippen molar-refractivity contribution in [1.29, 1.82) is 5.26 Å². The summed E-state index contributed by atoms with van der Waals surface area (Å²) in [4.78, 5) is 14.2. The average Bonchev–Trinajstić information content (AvgIpc) is 2.41. The molecule has 1 N–H and O–H groups in total. The van der Waals surface area contributed by atoms with E-state index < -0.39 is 0 Å². The molecule has 0 bridgehead atoms. The summed E-state index contributed by atoms with van der Waals surface area (Å²) < 4.78 is 0. The van der Waals surface area contributed by atoms with Crippen molar-refractivity contribution in [2.75, 3.05) is 18.0 Å². The highest BCUT2D eigenvalue weighted by atomic mass is 16.2. The number of para-hydroxylation sites is 1. The van der Waals surface area contributed by atoms with Gasteiger partial charge in [-0.1, -0.05) is 32.0 Å². The van der Waals surface area contributed by atoms with Crippen LogP contribution in [0.5, 0.6) is 0 Å². The number of nitrogens with one attached hydrogen (secondary N) is 1. The van der Waals surface area contributed by atoms with Crippen LogP contribution in [0.25, 0.3) is 0 Å². The second kappa shape index (κ2) is 5.85. The Morgan fingerprint density at radius 1 is 1.47 bits per heavy atom. The third-order valence-electron chi connectivity index (χ3n) is 3.44. The molecule has 0 spiro atoms. The molecule has 0 radical (unpaired) electrons. The van der Waals surface area contributed by atoms with Gasteiger partial charge in [0.15, 0.2) is 0 Å². The van der Waals surface area contributed by atoms with Gasteiger partial charge >= 0.3 is 0 Å². The lowest BCUT2D eigenvalue weighted by Gasteiger charge is -2.34. The van der Waals surface area contributed by atoms with E-state index in [1.54, 1.807) is 0 Å². The average molecular weight is 257 g/mol. The van der Waals surface area contributed by atoms with Gasteiger partial charge in [0.2, 0.25) is 5.91 Å². The topological polar surface area (TPSA) is 56.1 Å². The molecule has 2 rings (SSSR count). The molecular formula is C15H19N3O. The molecule has 1 aromatic carbocycles. The third-order valence-corrected chi connectivity index (χ3v) is 3.44. The number of carbonyl (C=O) groups is 1. The maximum atomic E-state index is 12.4. The minimum atomic E-state index is -0.376.